The highest BCUT2D eigenvalue weighted by molar-refractivity contribution is 6.30. The summed E-state index contributed by atoms with van der Waals surface area (Å²) in [4.78, 5) is 17.5. The Morgan fingerprint density at radius 1 is 1.08 bits per heavy atom. The second-order valence-corrected chi connectivity index (χ2v) is 6.83. The van der Waals surface area contributed by atoms with E-state index in [-0.39, 0.29) is 5.56 Å². The lowest BCUT2D eigenvalue weighted by Gasteiger charge is -2.11. The maximum Gasteiger partial charge on any atom is 0.261 e. The molecular weight excluding hydrogens is 336 g/mol. The van der Waals surface area contributed by atoms with Crippen molar-refractivity contribution < 1.29 is 4.74 Å². The molecule has 5 heteroatoms. The Hall–Kier alpha value is -2.33. The van der Waals surface area contributed by atoms with Crippen LogP contribution < -0.4 is 10.3 Å². The Bertz CT molecular complexity index is 964. The molecule has 2 heterocycles. The smallest absolute Gasteiger partial charge is 0.261 e. The lowest BCUT2D eigenvalue weighted by Crippen LogP contribution is -2.24. The molecular formula is C20H19ClN2O2. The van der Waals surface area contributed by atoms with Crippen molar-refractivity contribution in [2.75, 3.05) is 0 Å². The normalized spacial score (nSPS) is 14.1. The number of hydrogen-bond acceptors (Lipinski definition) is 3. The quantitative estimate of drug-likeness (QED) is 0.702. The molecule has 0 spiro atoms. The van der Waals surface area contributed by atoms with Crippen molar-refractivity contribution >= 4 is 22.5 Å². The first-order valence-corrected chi connectivity index (χ1v) is 8.99. The van der Waals surface area contributed by atoms with Gasteiger partial charge in [0.25, 0.3) is 5.56 Å². The van der Waals surface area contributed by atoms with E-state index in [1.54, 1.807) is 6.07 Å². The highest BCUT2D eigenvalue weighted by Crippen LogP contribution is 2.21. The summed E-state index contributed by atoms with van der Waals surface area (Å²) in [5.74, 6) is 1.58. The molecule has 128 valence electrons. The molecule has 25 heavy (non-hydrogen) atoms. The van der Waals surface area contributed by atoms with Gasteiger partial charge in [-0.15, -0.1) is 0 Å². The molecule has 0 atom stereocenters. The third kappa shape index (κ3) is 3.40. The van der Waals surface area contributed by atoms with Crippen LogP contribution in [0.15, 0.2) is 47.3 Å². The van der Waals surface area contributed by atoms with Crippen LogP contribution in [-0.4, -0.2) is 9.55 Å². The molecule has 0 N–H and O–H groups in total. The molecule has 0 radical (unpaired) electrons. The fraction of sp³-hybridized carbons (Fsp3) is 0.300. The van der Waals surface area contributed by atoms with E-state index in [0.717, 1.165) is 49.1 Å². The van der Waals surface area contributed by atoms with Gasteiger partial charge < -0.3 is 4.74 Å². The fourth-order valence-electron chi connectivity index (χ4n) is 3.23. The zero-order valence-corrected chi connectivity index (χ0v) is 14.6. The molecule has 0 aliphatic carbocycles. The number of aromatic nitrogens is 2. The van der Waals surface area contributed by atoms with Crippen LogP contribution in [0.25, 0.3) is 10.9 Å². The Kier molecular flexibility index (Phi) is 4.45. The molecule has 3 aromatic rings. The second-order valence-electron chi connectivity index (χ2n) is 6.39. The van der Waals surface area contributed by atoms with E-state index in [0.29, 0.717) is 22.8 Å². The topological polar surface area (TPSA) is 44.1 Å². The number of ether oxygens (including phenoxy) is 1. The minimum Gasteiger partial charge on any atom is -0.489 e. The summed E-state index contributed by atoms with van der Waals surface area (Å²) in [7, 11) is 0. The number of aryl methyl sites for hydroxylation is 1. The van der Waals surface area contributed by atoms with Gasteiger partial charge in [0.2, 0.25) is 0 Å². The summed E-state index contributed by atoms with van der Waals surface area (Å²) in [6, 6.07) is 13.1. The van der Waals surface area contributed by atoms with Gasteiger partial charge in [-0.3, -0.25) is 9.36 Å². The lowest BCUT2D eigenvalue weighted by molar-refractivity contribution is 0.306. The monoisotopic (exact) mass is 354 g/mol. The van der Waals surface area contributed by atoms with Crippen molar-refractivity contribution in [3.63, 3.8) is 0 Å². The van der Waals surface area contributed by atoms with E-state index in [9.17, 15) is 4.79 Å². The summed E-state index contributed by atoms with van der Waals surface area (Å²) in [5.41, 5.74) is 1.82. The average molecular weight is 355 g/mol. The van der Waals surface area contributed by atoms with Gasteiger partial charge in [0.15, 0.2) is 0 Å². The number of benzene rings is 2. The molecule has 2 aromatic carbocycles. The Balaban J connectivity index is 1.64. The van der Waals surface area contributed by atoms with Gasteiger partial charge >= 0.3 is 0 Å². The first kappa shape index (κ1) is 16.2. The summed E-state index contributed by atoms with van der Waals surface area (Å²) in [6.45, 7) is 1.19. The molecule has 0 bridgehead atoms. The number of nitrogens with zero attached hydrogens (tertiary/aromatic N) is 2. The first-order chi connectivity index (χ1) is 12.2. The van der Waals surface area contributed by atoms with Gasteiger partial charge in [-0.1, -0.05) is 30.2 Å². The van der Waals surface area contributed by atoms with Crippen molar-refractivity contribution in [2.24, 2.45) is 0 Å². The summed E-state index contributed by atoms with van der Waals surface area (Å²) < 4.78 is 7.68. The highest BCUT2D eigenvalue weighted by Gasteiger charge is 2.14. The van der Waals surface area contributed by atoms with Gasteiger partial charge in [-0.05, 0) is 48.7 Å². The third-order valence-corrected chi connectivity index (χ3v) is 4.86. The van der Waals surface area contributed by atoms with Gasteiger partial charge in [0.05, 0.1) is 10.9 Å². The number of hydrogen-bond donors (Lipinski definition) is 0. The fourth-order valence-corrected chi connectivity index (χ4v) is 3.36. The van der Waals surface area contributed by atoms with E-state index in [1.807, 2.05) is 41.0 Å². The average Bonchev–Trinajstić information content (AvgIpc) is 2.87. The van der Waals surface area contributed by atoms with Crippen LogP contribution in [-0.2, 0) is 19.6 Å². The molecule has 0 saturated heterocycles. The largest absolute Gasteiger partial charge is 0.489 e. The predicted molar refractivity (Wildman–Crippen MR) is 99.3 cm³/mol. The minimum absolute atomic E-state index is 0.0406. The number of halogens is 1. The maximum atomic E-state index is 12.8. The van der Waals surface area contributed by atoms with Crippen LogP contribution in [0, 0.1) is 0 Å². The molecule has 0 saturated carbocycles. The van der Waals surface area contributed by atoms with Crippen LogP contribution in [0.3, 0.4) is 0 Å². The lowest BCUT2D eigenvalue weighted by atomic mass is 10.2. The van der Waals surface area contributed by atoms with Crippen LogP contribution in [0.5, 0.6) is 5.75 Å². The van der Waals surface area contributed by atoms with Crippen LogP contribution >= 0.6 is 11.6 Å². The SMILES string of the molecule is O=c1c2cc(OCc3ccc(Cl)cc3)ccc2nc2n1CCCCC2. The van der Waals surface area contributed by atoms with Crippen molar-refractivity contribution in [1.29, 1.82) is 0 Å². The minimum atomic E-state index is 0.0406. The van der Waals surface area contributed by atoms with Gasteiger partial charge in [0.1, 0.15) is 18.2 Å². The van der Waals surface area contributed by atoms with Crippen LogP contribution in [0.4, 0.5) is 0 Å². The first-order valence-electron chi connectivity index (χ1n) is 8.61. The predicted octanol–water partition coefficient (Wildman–Crippen LogP) is 4.36. The maximum absolute atomic E-state index is 12.8. The van der Waals surface area contributed by atoms with Crippen LogP contribution in [0.2, 0.25) is 5.02 Å². The molecule has 4 nitrogen and oxygen atoms in total. The second kappa shape index (κ2) is 6.89. The summed E-state index contributed by atoms with van der Waals surface area (Å²) in [5, 5.41) is 1.33. The molecule has 0 fully saturated rings. The number of fused-ring (bicyclic) bond motifs is 2. The van der Waals surface area contributed by atoms with Crippen molar-refractivity contribution in [3.05, 3.63) is 69.2 Å². The van der Waals surface area contributed by atoms with E-state index >= 15 is 0 Å². The molecule has 1 aromatic heterocycles. The zero-order valence-electron chi connectivity index (χ0n) is 13.9. The molecule has 1 aliphatic heterocycles. The number of rotatable bonds is 3. The van der Waals surface area contributed by atoms with Gasteiger partial charge in [-0.25, -0.2) is 4.98 Å². The van der Waals surface area contributed by atoms with Gasteiger partial charge in [0, 0.05) is 18.0 Å². The molecule has 1 aliphatic rings. The van der Waals surface area contributed by atoms with Gasteiger partial charge in [-0.2, -0.15) is 0 Å². The Labute approximate surface area is 151 Å². The molecule has 0 amide bonds. The van der Waals surface area contributed by atoms with Crippen molar-refractivity contribution in [3.8, 4) is 5.75 Å². The van der Waals surface area contributed by atoms with E-state index in [4.69, 9.17) is 21.3 Å². The van der Waals surface area contributed by atoms with E-state index in [1.165, 1.54) is 0 Å². The third-order valence-electron chi connectivity index (χ3n) is 4.61. The molecule has 4 rings (SSSR count). The van der Waals surface area contributed by atoms with E-state index < -0.39 is 0 Å². The Morgan fingerprint density at radius 3 is 2.76 bits per heavy atom. The standard InChI is InChI=1S/C20H19ClN2O2/c21-15-7-5-14(6-8-15)13-25-16-9-10-18-17(12-16)20(24)23-11-3-1-2-4-19(23)22-18/h5-10,12H,1-4,11,13H2. The highest BCUT2D eigenvalue weighted by atomic mass is 35.5. The van der Waals surface area contributed by atoms with Crippen molar-refractivity contribution in [2.45, 2.75) is 38.8 Å². The van der Waals surface area contributed by atoms with Crippen LogP contribution in [0.1, 0.15) is 30.7 Å². The summed E-state index contributed by atoms with van der Waals surface area (Å²) in [6.07, 6.45) is 4.15. The Morgan fingerprint density at radius 2 is 1.92 bits per heavy atom. The van der Waals surface area contributed by atoms with Crippen molar-refractivity contribution in [1.82, 2.24) is 9.55 Å². The van der Waals surface area contributed by atoms with E-state index in [2.05, 4.69) is 0 Å². The zero-order chi connectivity index (χ0) is 17.2. The summed E-state index contributed by atoms with van der Waals surface area (Å²) >= 11 is 5.90. The molecule has 0 unspecified atom stereocenters.